The molecule has 0 aliphatic carbocycles. The molecule has 0 aromatic heterocycles. The Morgan fingerprint density at radius 3 is 2.86 bits per heavy atom. The van der Waals surface area contributed by atoms with Gasteiger partial charge in [0.2, 0.25) is 0 Å². The van der Waals surface area contributed by atoms with E-state index in [9.17, 15) is 9.59 Å². The second kappa shape index (κ2) is 6.31. The molecule has 0 saturated heterocycles. The first kappa shape index (κ1) is 14.8. The van der Waals surface area contributed by atoms with Crippen molar-refractivity contribution in [2.24, 2.45) is 0 Å². The van der Waals surface area contributed by atoms with E-state index in [1.807, 2.05) is 24.3 Å². The highest BCUT2D eigenvalue weighted by atomic mass is 127. The molecule has 0 atom stereocenters. The van der Waals surface area contributed by atoms with Crippen LogP contribution in [0.3, 0.4) is 0 Å². The van der Waals surface area contributed by atoms with Gasteiger partial charge in [-0.15, -0.1) is 0 Å². The molecule has 2 aromatic rings. The lowest BCUT2D eigenvalue weighted by molar-refractivity contribution is -0.118. The number of benzene rings is 2. The van der Waals surface area contributed by atoms with E-state index in [4.69, 9.17) is 4.74 Å². The first-order valence-electron chi connectivity index (χ1n) is 6.67. The molecule has 3 rings (SSSR count). The topological polar surface area (TPSA) is 55.4 Å². The molecule has 1 amide bonds. The first-order valence-corrected chi connectivity index (χ1v) is 7.75. The van der Waals surface area contributed by atoms with Gasteiger partial charge in [-0.2, -0.15) is 0 Å². The Balaban J connectivity index is 1.82. The van der Waals surface area contributed by atoms with Crippen molar-refractivity contribution in [2.45, 2.75) is 0 Å². The van der Waals surface area contributed by atoms with E-state index in [0.29, 0.717) is 17.0 Å². The molecule has 0 saturated carbocycles. The van der Waals surface area contributed by atoms with Crippen molar-refractivity contribution in [3.8, 4) is 5.75 Å². The number of anilines is 1. The summed E-state index contributed by atoms with van der Waals surface area (Å²) in [6.45, 7) is 0.00659. The number of fused-ring (bicyclic) bond motifs is 1. The third-order valence-corrected chi connectivity index (χ3v) is 4.20. The number of hydrogen-bond acceptors (Lipinski definition) is 3. The molecular formula is C17H12INO3. The third kappa shape index (κ3) is 3.19. The van der Waals surface area contributed by atoms with Crippen LogP contribution in [-0.4, -0.2) is 18.3 Å². The lowest BCUT2D eigenvalue weighted by Crippen LogP contribution is -2.25. The van der Waals surface area contributed by atoms with E-state index >= 15 is 0 Å². The normalized spacial score (nSPS) is 13.4. The molecule has 5 heteroatoms. The van der Waals surface area contributed by atoms with Crippen LogP contribution in [0.2, 0.25) is 0 Å². The van der Waals surface area contributed by atoms with Crippen molar-refractivity contribution in [1.82, 2.24) is 0 Å². The number of halogens is 1. The van der Waals surface area contributed by atoms with E-state index in [2.05, 4.69) is 27.9 Å². The van der Waals surface area contributed by atoms with Gasteiger partial charge in [0.05, 0.1) is 5.69 Å². The van der Waals surface area contributed by atoms with Crippen molar-refractivity contribution in [3.05, 3.63) is 63.2 Å². The Hall–Kier alpha value is -2.15. The standard InChI is InChI=1S/C17H12INO3/c18-13-4-2-1-3-11(13)5-7-15(20)12-6-8-16-14(9-12)19-17(21)10-22-16/h1-9H,10H2,(H,19,21)/b7-5+. The zero-order valence-electron chi connectivity index (χ0n) is 11.5. The minimum Gasteiger partial charge on any atom is -0.482 e. The lowest BCUT2D eigenvalue weighted by atomic mass is 10.1. The van der Waals surface area contributed by atoms with Gasteiger partial charge in [-0.1, -0.05) is 24.3 Å². The molecule has 2 aromatic carbocycles. The molecule has 0 fully saturated rings. The number of ketones is 1. The Morgan fingerprint density at radius 1 is 1.23 bits per heavy atom. The van der Waals surface area contributed by atoms with E-state index < -0.39 is 0 Å². The SMILES string of the molecule is O=C1COc2ccc(C(=O)/C=C/c3ccccc3I)cc2N1. The summed E-state index contributed by atoms with van der Waals surface area (Å²) in [5.41, 5.74) is 2.03. The summed E-state index contributed by atoms with van der Waals surface area (Å²) in [4.78, 5) is 23.6. The molecule has 0 unspecified atom stereocenters. The predicted molar refractivity (Wildman–Crippen MR) is 93.1 cm³/mol. The fourth-order valence-corrected chi connectivity index (χ4v) is 2.68. The maximum Gasteiger partial charge on any atom is 0.262 e. The first-order chi connectivity index (χ1) is 10.6. The van der Waals surface area contributed by atoms with Crippen LogP contribution in [0.15, 0.2) is 48.5 Å². The van der Waals surface area contributed by atoms with Gasteiger partial charge in [0, 0.05) is 9.13 Å². The Labute approximate surface area is 141 Å². The molecule has 1 aliphatic heterocycles. The Kier molecular flexibility index (Phi) is 4.24. The largest absolute Gasteiger partial charge is 0.482 e. The van der Waals surface area contributed by atoms with Gasteiger partial charge in [-0.05, 0) is 58.5 Å². The van der Waals surface area contributed by atoms with Crippen LogP contribution in [0.25, 0.3) is 6.08 Å². The van der Waals surface area contributed by atoms with Crippen LogP contribution in [0.5, 0.6) is 5.75 Å². The summed E-state index contributed by atoms with van der Waals surface area (Å²) in [5, 5.41) is 2.70. The summed E-state index contributed by atoms with van der Waals surface area (Å²) in [7, 11) is 0. The molecule has 1 N–H and O–H groups in total. The fourth-order valence-electron chi connectivity index (χ4n) is 2.11. The highest BCUT2D eigenvalue weighted by molar-refractivity contribution is 14.1. The number of rotatable bonds is 3. The van der Waals surface area contributed by atoms with Crippen molar-refractivity contribution in [2.75, 3.05) is 11.9 Å². The second-order valence-electron chi connectivity index (χ2n) is 4.77. The smallest absolute Gasteiger partial charge is 0.262 e. The molecule has 0 radical (unpaired) electrons. The van der Waals surface area contributed by atoms with Crippen LogP contribution in [0, 0.1) is 3.57 Å². The summed E-state index contributed by atoms with van der Waals surface area (Å²) in [6.07, 6.45) is 3.32. The van der Waals surface area contributed by atoms with Crippen LogP contribution in [0.1, 0.15) is 15.9 Å². The molecule has 1 heterocycles. The average molecular weight is 405 g/mol. The molecule has 22 heavy (non-hydrogen) atoms. The van der Waals surface area contributed by atoms with Crippen LogP contribution >= 0.6 is 22.6 Å². The van der Waals surface area contributed by atoms with Gasteiger partial charge in [-0.3, -0.25) is 9.59 Å². The highest BCUT2D eigenvalue weighted by Gasteiger charge is 2.17. The number of amides is 1. The van der Waals surface area contributed by atoms with Crippen LogP contribution in [-0.2, 0) is 4.79 Å². The van der Waals surface area contributed by atoms with Gasteiger partial charge < -0.3 is 10.1 Å². The van der Waals surface area contributed by atoms with E-state index in [1.54, 1.807) is 24.3 Å². The maximum absolute atomic E-state index is 12.3. The zero-order chi connectivity index (χ0) is 15.5. The fraction of sp³-hybridized carbons (Fsp3) is 0.0588. The number of allylic oxidation sites excluding steroid dienone is 1. The average Bonchev–Trinajstić information content (AvgIpc) is 2.53. The van der Waals surface area contributed by atoms with Crippen molar-refractivity contribution in [1.29, 1.82) is 0 Å². The Bertz CT molecular complexity index is 783. The van der Waals surface area contributed by atoms with Gasteiger partial charge in [0.1, 0.15) is 5.75 Å². The number of nitrogens with one attached hydrogen (secondary N) is 1. The van der Waals surface area contributed by atoms with Gasteiger partial charge in [0.15, 0.2) is 12.4 Å². The monoisotopic (exact) mass is 405 g/mol. The van der Waals surface area contributed by atoms with E-state index in [1.165, 1.54) is 6.08 Å². The third-order valence-electron chi connectivity index (χ3n) is 3.22. The number of carbonyl (C=O) groups is 2. The number of ether oxygens (including phenoxy) is 1. The second-order valence-corrected chi connectivity index (χ2v) is 5.93. The minimum atomic E-state index is -0.216. The summed E-state index contributed by atoms with van der Waals surface area (Å²) in [6, 6.07) is 12.8. The van der Waals surface area contributed by atoms with Gasteiger partial charge in [-0.25, -0.2) is 0 Å². The van der Waals surface area contributed by atoms with Gasteiger partial charge >= 0.3 is 0 Å². The molecular weight excluding hydrogens is 393 g/mol. The quantitative estimate of drug-likeness (QED) is 0.483. The van der Waals surface area contributed by atoms with Gasteiger partial charge in [0.25, 0.3) is 5.91 Å². The molecule has 110 valence electrons. The molecule has 0 spiro atoms. The van der Waals surface area contributed by atoms with Crippen molar-refractivity contribution in [3.63, 3.8) is 0 Å². The molecule has 4 nitrogen and oxygen atoms in total. The maximum atomic E-state index is 12.3. The minimum absolute atomic E-state index is 0.00659. The molecule has 0 bridgehead atoms. The van der Waals surface area contributed by atoms with Crippen LogP contribution < -0.4 is 10.1 Å². The predicted octanol–water partition coefficient (Wildman–Crippen LogP) is 3.52. The van der Waals surface area contributed by atoms with E-state index in [-0.39, 0.29) is 18.3 Å². The summed E-state index contributed by atoms with van der Waals surface area (Å²) < 4.78 is 6.35. The lowest BCUT2D eigenvalue weighted by Gasteiger charge is -2.17. The number of hydrogen-bond donors (Lipinski definition) is 1. The highest BCUT2D eigenvalue weighted by Crippen LogP contribution is 2.28. The van der Waals surface area contributed by atoms with E-state index in [0.717, 1.165) is 9.13 Å². The molecule has 1 aliphatic rings. The zero-order valence-corrected chi connectivity index (χ0v) is 13.7. The van der Waals surface area contributed by atoms with Crippen molar-refractivity contribution < 1.29 is 14.3 Å². The summed E-state index contributed by atoms with van der Waals surface area (Å²) in [5.74, 6) is 0.242. The summed E-state index contributed by atoms with van der Waals surface area (Å²) >= 11 is 2.23. The Morgan fingerprint density at radius 2 is 2.05 bits per heavy atom. The van der Waals surface area contributed by atoms with Crippen molar-refractivity contribution >= 4 is 46.0 Å². The van der Waals surface area contributed by atoms with Crippen LogP contribution in [0.4, 0.5) is 5.69 Å². The number of carbonyl (C=O) groups excluding carboxylic acids is 2.